The van der Waals surface area contributed by atoms with Crippen molar-refractivity contribution in [3.8, 4) is 0 Å². The predicted octanol–water partition coefficient (Wildman–Crippen LogP) is 3.47. The Morgan fingerprint density at radius 2 is 2.04 bits per heavy atom. The Labute approximate surface area is 168 Å². The van der Waals surface area contributed by atoms with Crippen LogP contribution in [0.25, 0.3) is 0 Å². The molecule has 8 nitrogen and oxygen atoms in total. The van der Waals surface area contributed by atoms with Gasteiger partial charge in [-0.1, -0.05) is 28.2 Å². The zero-order valence-electron chi connectivity index (χ0n) is 16.2. The molecule has 0 aromatic carbocycles. The number of anilines is 1. The molecule has 0 spiro atoms. The number of halogens is 1. The van der Waals surface area contributed by atoms with Gasteiger partial charge in [-0.2, -0.15) is 0 Å². The fourth-order valence-electron chi connectivity index (χ4n) is 2.92. The first kappa shape index (κ1) is 25.0. The molecule has 1 aromatic rings. The summed E-state index contributed by atoms with van der Waals surface area (Å²) in [5, 5.41) is 12.6. The Morgan fingerprint density at radius 1 is 1.39 bits per heavy atom. The van der Waals surface area contributed by atoms with Crippen LogP contribution in [-0.2, 0) is 13.5 Å². The van der Waals surface area contributed by atoms with Crippen LogP contribution in [-0.4, -0.2) is 53.1 Å². The van der Waals surface area contributed by atoms with E-state index in [1.54, 1.807) is 0 Å². The molecular weight excluding hydrogens is 404 g/mol. The topological polar surface area (TPSA) is 114 Å². The van der Waals surface area contributed by atoms with Gasteiger partial charge in [0.15, 0.2) is 20.0 Å². The Morgan fingerprint density at radius 3 is 2.54 bits per heavy atom. The van der Waals surface area contributed by atoms with E-state index in [0.717, 1.165) is 6.20 Å². The van der Waals surface area contributed by atoms with E-state index in [1.807, 2.05) is 0 Å². The summed E-state index contributed by atoms with van der Waals surface area (Å²) >= 11 is 0. The summed E-state index contributed by atoms with van der Waals surface area (Å²) in [6.45, 7) is 10.1. The molecule has 1 saturated carbocycles. The molecule has 1 unspecified atom stereocenters. The van der Waals surface area contributed by atoms with Gasteiger partial charge in [-0.25, -0.2) is 14.4 Å². The minimum atomic E-state index is -2.88. The molecule has 1 fully saturated rings. The van der Waals surface area contributed by atoms with Crippen molar-refractivity contribution in [1.82, 2.24) is 9.97 Å². The third-order valence-corrected chi connectivity index (χ3v) is 10.3. The number of aromatic nitrogens is 2. The number of rotatable bonds is 7. The van der Waals surface area contributed by atoms with Crippen LogP contribution in [0.3, 0.4) is 0 Å². The van der Waals surface area contributed by atoms with Crippen molar-refractivity contribution in [2.24, 2.45) is 5.92 Å². The lowest BCUT2D eigenvalue weighted by atomic mass is 10.1. The van der Waals surface area contributed by atoms with E-state index in [0.29, 0.717) is 6.42 Å². The molecule has 0 saturated heterocycles. The van der Waals surface area contributed by atoms with Crippen LogP contribution >= 0.6 is 8.25 Å². The standard InChI is InChI=1S/C16H27FN3O5PSi.CH4/c1-16(2,3)27(4,5)25-14-12(20-15-11(17)7-18-9-19-15)6-10(8-21)13(14)24-26(22)23;/h7,9-10,12-14,21H,6,8H2,1-5H3,(H-,18,19,20,22,23);1H4/p+1/t10-,12-,13-,14+;/m1./s1. The normalized spacial score (nSPS) is 25.9. The fourth-order valence-corrected chi connectivity index (χ4v) is 4.75. The van der Waals surface area contributed by atoms with Crippen molar-refractivity contribution in [1.29, 1.82) is 0 Å². The van der Waals surface area contributed by atoms with Gasteiger partial charge >= 0.3 is 8.25 Å². The maximum Gasteiger partial charge on any atom is 0.695 e. The Balaban J connectivity index is 0.00000392. The van der Waals surface area contributed by atoms with Gasteiger partial charge in [-0.15, -0.1) is 9.42 Å². The molecule has 1 aromatic heterocycles. The lowest BCUT2D eigenvalue weighted by molar-refractivity contribution is 0.0258. The van der Waals surface area contributed by atoms with Gasteiger partial charge in [-0.3, -0.25) is 0 Å². The van der Waals surface area contributed by atoms with Gasteiger partial charge < -0.3 is 14.8 Å². The third kappa shape index (κ3) is 5.74. The van der Waals surface area contributed by atoms with Crippen molar-refractivity contribution in [2.45, 2.75) is 71.0 Å². The van der Waals surface area contributed by atoms with Crippen molar-refractivity contribution >= 4 is 22.4 Å². The SMILES string of the molecule is C.CC(C)(C)[Si](C)(C)O[C@@H]1[C@H](O[P+](=O)O)[C@@H](CO)C[C@H]1Nc1ncncc1F. The molecule has 28 heavy (non-hydrogen) atoms. The van der Waals surface area contributed by atoms with Crippen LogP contribution in [0.4, 0.5) is 10.2 Å². The molecule has 160 valence electrons. The van der Waals surface area contributed by atoms with Crippen molar-refractivity contribution in [2.75, 3.05) is 11.9 Å². The molecule has 1 aliphatic carbocycles. The summed E-state index contributed by atoms with van der Waals surface area (Å²) in [6.07, 6.45) is 1.23. The maximum atomic E-state index is 14.0. The van der Waals surface area contributed by atoms with E-state index >= 15 is 0 Å². The first-order valence-electron chi connectivity index (χ1n) is 8.80. The molecule has 0 bridgehead atoms. The van der Waals surface area contributed by atoms with Gasteiger partial charge in [-0.05, 0) is 24.6 Å². The van der Waals surface area contributed by atoms with Crippen LogP contribution in [0, 0.1) is 11.7 Å². The van der Waals surface area contributed by atoms with Gasteiger partial charge in [0, 0.05) is 17.1 Å². The zero-order chi connectivity index (χ0) is 20.4. The number of hydrogen-bond donors (Lipinski definition) is 3. The first-order chi connectivity index (χ1) is 12.5. The molecule has 3 N–H and O–H groups in total. The Hall–Kier alpha value is -1.03. The molecule has 0 radical (unpaired) electrons. The zero-order valence-corrected chi connectivity index (χ0v) is 18.1. The summed E-state index contributed by atoms with van der Waals surface area (Å²) < 4.78 is 37.0. The second kappa shape index (κ2) is 9.64. The second-order valence-electron chi connectivity index (χ2n) is 8.30. The molecule has 1 aliphatic rings. The molecule has 0 amide bonds. The van der Waals surface area contributed by atoms with Gasteiger partial charge in [0.05, 0.1) is 18.3 Å². The van der Waals surface area contributed by atoms with Crippen LogP contribution in [0.15, 0.2) is 12.5 Å². The minimum absolute atomic E-state index is 0. The van der Waals surface area contributed by atoms with E-state index < -0.39 is 46.6 Å². The number of hydrogen-bond acceptors (Lipinski definition) is 7. The minimum Gasteiger partial charge on any atom is -0.409 e. The van der Waals surface area contributed by atoms with Crippen molar-refractivity contribution < 1.29 is 27.9 Å². The molecule has 5 atom stereocenters. The molecule has 0 aliphatic heterocycles. The summed E-state index contributed by atoms with van der Waals surface area (Å²) in [6, 6.07) is -0.444. The van der Waals surface area contributed by atoms with Crippen molar-refractivity contribution in [3.05, 3.63) is 18.3 Å². The highest BCUT2D eigenvalue weighted by molar-refractivity contribution is 7.32. The predicted molar refractivity (Wildman–Crippen MR) is 108 cm³/mol. The van der Waals surface area contributed by atoms with E-state index in [4.69, 9.17) is 8.95 Å². The smallest absolute Gasteiger partial charge is 0.409 e. The maximum absolute atomic E-state index is 14.0. The lowest BCUT2D eigenvalue weighted by Gasteiger charge is -2.40. The number of aliphatic hydroxyl groups excluding tert-OH is 1. The number of aliphatic hydroxyl groups is 1. The largest absolute Gasteiger partial charge is 0.695 e. The highest BCUT2D eigenvalue weighted by Gasteiger charge is 2.52. The summed E-state index contributed by atoms with van der Waals surface area (Å²) in [4.78, 5) is 16.8. The van der Waals surface area contributed by atoms with Crippen LogP contribution in [0.5, 0.6) is 0 Å². The van der Waals surface area contributed by atoms with E-state index in [2.05, 4.69) is 49.1 Å². The van der Waals surface area contributed by atoms with E-state index in [1.165, 1.54) is 6.33 Å². The van der Waals surface area contributed by atoms with E-state index in [-0.39, 0.29) is 24.9 Å². The van der Waals surface area contributed by atoms with Crippen LogP contribution < -0.4 is 5.32 Å². The molecule has 1 heterocycles. The van der Waals surface area contributed by atoms with Gasteiger partial charge in [0.1, 0.15) is 12.4 Å². The van der Waals surface area contributed by atoms with Crippen LogP contribution in [0.2, 0.25) is 18.1 Å². The molecule has 2 rings (SSSR count). The first-order valence-corrected chi connectivity index (χ1v) is 12.8. The van der Waals surface area contributed by atoms with Crippen molar-refractivity contribution in [3.63, 3.8) is 0 Å². The molecular formula is C17H32FN3O5PSi+. The quantitative estimate of drug-likeness (QED) is 0.440. The fraction of sp³-hybridized carbons (Fsp3) is 0.765. The monoisotopic (exact) mass is 436 g/mol. The molecule has 11 heteroatoms. The third-order valence-electron chi connectivity index (χ3n) is 5.41. The average Bonchev–Trinajstić information content (AvgIpc) is 2.85. The summed E-state index contributed by atoms with van der Waals surface area (Å²) in [5.41, 5.74) is 0. The summed E-state index contributed by atoms with van der Waals surface area (Å²) in [5.74, 6) is -1.01. The van der Waals surface area contributed by atoms with Crippen LogP contribution in [0.1, 0.15) is 34.6 Å². The second-order valence-corrected chi connectivity index (χ2v) is 13.7. The number of nitrogens with zero attached hydrogens (tertiary/aromatic N) is 2. The lowest BCUT2D eigenvalue weighted by Crippen LogP contribution is -2.50. The highest BCUT2D eigenvalue weighted by Crippen LogP contribution is 2.43. The Bertz CT molecular complexity index is 676. The number of nitrogens with one attached hydrogen (secondary N) is 1. The van der Waals surface area contributed by atoms with Gasteiger partial charge in [0.2, 0.25) is 0 Å². The average molecular weight is 437 g/mol. The van der Waals surface area contributed by atoms with E-state index in [9.17, 15) is 19.0 Å². The van der Waals surface area contributed by atoms with Gasteiger partial charge in [0.25, 0.3) is 0 Å². The summed E-state index contributed by atoms with van der Waals surface area (Å²) in [7, 11) is -5.16. The Kier molecular flexibility index (Phi) is 8.61. The highest BCUT2D eigenvalue weighted by atomic mass is 31.1.